The van der Waals surface area contributed by atoms with Gasteiger partial charge < -0.3 is 9.32 Å². The molecule has 0 radical (unpaired) electrons. The molecule has 1 fully saturated rings. The fraction of sp³-hybridized carbons (Fsp3) is 0.500. The lowest BCUT2D eigenvalue weighted by molar-refractivity contribution is 0.186. The molecule has 130 valence electrons. The fourth-order valence-corrected chi connectivity index (χ4v) is 4.17. The minimum Gasteiger partial charge on any atom is -0.426 e. The summed E-state index contributed by atoms with van der Waals surface area (Å²) in [5.74, 6) is 1.20. The number of benzene rings is 1. The summed E-state index contributed by atoms with van der Waals surface area (Å²) in [6.07, 6.45) is 0.686. The number of sulfonamides is 1. The first kappa shape index (κ1) is 17.1. The van der Waals surface area contributed by atoms with Gasteiger partial charge in [0.05, 0.1) is 4.90 Å². The summed E-state index contributed by atoms with van der Waals surface area (Å²) in [5, 5.41) is 7.79. The van der Waals surface area contributed by atoms with Gasteiger partial charge in [0.1, 0.15) is 0 Å². The Labute approximate surface area is 142 Å². The van der Waals surface area contributed by atoms with Crippen LogP contribution in [0.2, 0.25) is 0 Å². The van der Waals surface area contributed by atoms with E-state index >= 15 is 0 Å². The number of nitrogens with zero attached hydrogens (tertiary/aromatic N) is 4. The molecule has 24 heavy (non-hydrogen) atoms. The SMILES string of the molecule is Cc1ccc(S(=O)(=O)N2CCN(CCc3nnc(C)o3)CC2)cc1. The number of hydrogen-bond donors (Lipinski definition) is 0. The van der Waals surface area contributed by atoms with Crippen LogP contribution in [-0.4, -0.2) is 60.5 Å². The Balaban J connectivity index is 1.55. The molecule has 0 unspecified atom stereocenters. The maximum Gasteiger partial charge on any atom is 0.243 e. The maximum absolute atomic E-state index is 12.7. The number of aromatic nitrogens is 2. The Kier molecular flexibility index (Phi) is 4.98. The lowest BCUT2D eigenvalue weighted by atomic mass is 10.2. The average Bonchev–Trinajstić information content (AvgIpc) is 2.99. The monoisotopic (exact) mass is 350 g/mol. The molecule has 1 saturated heterocycles. The van der Waals surface area contributed by atoms with Crippen molar-refractivity contribution < 1.29 is 12.8 Å². The molecule has 8 heteroatoms. The minimum absolute atomic E-state index is 0.364. The molecule has 1 aromatic heterocycles. The van der Waals surface area contributed by atoms with Crippen molar-refractivity contribution in [2.75, 3.05) is 32.7 Å². The Morgan fingerprint density at radius 1 is 1.04 bits per heavy atom. The summed E-state index contributed by atoms with van der Waals surface area (Å²) in [4.78, 5) is 2.59. The van der Waals surface area contributed by atoms with E-state index in [2.05, 4.69) is 15.1 Å². The topological polar surface area (TPSA) is 79.5 Å². The van der Waals surface area contributed by atoms with E-state index in [-0.39, 0.29) is 0 Å². The normalized spacial score (nSPS) is 17.2. The van der Waals surface area contributed by atoms with Crippen LogP contribution in [0.1, 0.15) is 17.3 Å². The van der Waals surface area contributed by atoms with Crippen molar-refractivity contribution in [3.05, 3.63) is 41.6 Å². The van der Waals surface area contributed by atoms with Crippen molar-refractivity contribution in [1.29, 1.82) is 0 Å². The van der Waals surface area contributed by atoms with E-state index < -0.39 is 10.0 Å². The molecular formula is C16H22N4O3S. The molecule has 0 atom stereocenters. The second kappa shape index (κ2) is 7.00. The lowest BCUT2D eigenvalue weighted by Crippen LogP contribution is -2.49. The van der Waals surface area contributed by atoms with E-state index in [1.165, 1.54) is 0 Å². The summed E-state index contributed by atoms with van der Waals surface area (Å²) in [6, 6.07) is 7.01. The second-order valence-electron chi connectivity index (χ2n) is 6.02. The Bertz CT molecular complexity index is 778. The van der Waals surface area contributed by atoms with Crippen LogP contribution >= 0.6 is 0 Å². The molecule has 7 nitrogen and oxygen atoms in total. The average molecular weight is 350 g/mol. The summed E-state index contributed by atoms with van der Waals surface area (Å²) in [7, 11) is -3.40. The molecule has 0 N–H and O–H groups in total. The van der Waals surface area contributed by atoms with Gasteiger partial charge in [0.25, 0.3) is 0 Å². The molecule has 1 aromatic carbocycles. The third kappa shape index (κ3) is 3.82. The summed E-state index contributed by atoms with van der Waals surface area (Å²) in [5.41, 5.74) is 1.05. The van der Waals surface area contributed by atoms with Crippen LogP contribution in [-0.2, 0) is 16.4 Å². The number of rotatable bonds is 5. The van der Waals surface area contributed by atoms with Crippen LogP contribution in [0, 0.1) is 13.8 Å². The molecule has 0 saturated carbocycles. The third-order valence-corrected chi connectivity index (χ3v) is 6.11. The number of hydrogen-bond acceptors (Lipinski definition) is 6. The highest BCUT2D eigenvalue weighted by Gasteiger charge is 2.28. The van der Waals surface area contributed by atoms with E-state index in [1.54, 1.807) is 23.4 Å². The van der Waals surface area contributed by atoms with Crippen LogP contribution < -0.4 is 0 Å². The quantitative estimate of drug-likeness (QED) is 0.807. The van der Waals surface area contributed by atoms with Gasteiger partial charge in [0.15, 0.2) is 0 Å². The third-order valence-electron chi connectivity index (χ3n) is 4.20. The minimum atomic E-state index is -3.40. The maximum atomic E-state index is 12.7. The molecule has 0 spiro atoms. The highest BCUT2D eigenvalue weighted by molar-refractivity contribution is 7.89. The van der Waals surface area contributed by atoms with Crippen molar-refractivity contribution in [2.24, 2.45) is 0 Å². The first-order valence-electron chi connectivity index (χ1n) is 8.03. The van der Waals surface area contributed by atoms with Gasteiger partial charge in [-0.3, -0.25) is 0 Å². The largest absolute Gasteiger partial charge is 0.426 e. The van der Waals surface area contributed by atoms with E-state index in [0.717, 1.165) is 12.1 Å². The second-order valence-corrected chi connectivity index (χ2v) is 7.96. The van der Waals surface area contributed by atoms with Crippen LogP contribution in [0.4, 0.5) is 0 Å². The lowest BCUT2D eigenvalue weighted by Gasteiger charge is -2.33. The van der Waals surface area contributed by atoms with Crippen molar-refractivity contribution in [2.45, 2.75) is 25.2 Å². The summed E-state index contributed by atoms with van der Waals surface area (Å²) in [6.45, 7) is 6.92. The van der Waals surface area contributed by atoms with Gasteiger partial charge in [-0.05, 0) is 19.1 Å². The molecule has 0 bridgehead atoms. The Hall–Kier alpha value is -1.77. The number of piperazine rings is 1. The molecule has 3 rings (SSSR count). The molecule has 2 heterocycles. The van der Waals surface area contributed by atoms with E-state index in [0.29, 0.717) is 49.3 Å². The van der Waals surface area contributed by atoms with Gasteiger partial charge in [-0.15, -0.1) is 10.2 Å². The van der Waals surface area contributed by atoms with Gasteiger partial charge in [-0.2, -0.15) is 4.31 Å². The zero-order valence-corrected chi connectivity index (χ0v) is 14.8. The fourth-order valence-electron chi connectivity index (χ4n) is 2.75. The van der Waals surface area contributed by atoms with Gasteiger partial charge in [-0.25, -0.2) is 8.42 Å². The van der Waals surface area contributed by atoms with E-state index in [1.807, 2.05) is 19.1 Å². The zero-order valence-electron chi connectivity index (χ0n) is 14.0. The summed E-state index contributed by atoms with van der Waals surface area (Å²) >= 11 is 0. The highest BCUT2D eigenvalue weighted by Crippen LogP contribution is 2.18. The van der Waals surface area contributed by atoms with Crippen LogP contribution in [0.3, 0.4) is 0 Å². The molecule has 2 aromatic rings. The van der Waals surface area contributed by atoms with Crippen molar-refractivity contribution in [1.82, 2.24) is 19.4 Å². The molecule has 0 amide bonds. The molecule has 1 aliphatic rings. The van der Waals surface area contributed by atoms with Gasteiger partial charge in [0.2, 0.25) is 21.8 Å². The Morgan fingerprint density at radius 3 is 2.29 bits per heavy atom. The zero-order chi connectivity index (χ0) is 17.2. The first-order chi connectivity index (χ1) is 11.4. The van der Waals surface area contributed by atoms with Gasteiger partial charge in [0, 0.05) is 46.1 Å². The smallest absolute Gasteiger partial charge is 0.243 e. The molecular weight excluding hydrogens is 328 g/mol. The predicted molar refractivity (Wildman–Crippen MR) is 89.1 cm³/mol. The first-order valence-corrected chi connectivity index (χ1v) is 9.47. The van der Waals surface area contributed by atoms with Crippen LogP contribution in [0.15, 0.2) is 33.6 Å². The predicted octanol–water partition coefficient (Wildman–Crippen LogP) is 1.24. The van der Waals surface area contributed by atoms with E-state index in [9.17, 15) is 8.42 Å². The van der Waals surface area contributed by atoms with Gasteiger partial charge in [-0.1, -0.05) is 17.7 Å². The van der Waals surface area contributed by atoms with Crippen LogP contribution in [0.5, 0.6) is 0 Å². The molecule has 0 aliphatic carbocycles. The number of aryl methyl sites for hydroxylation is 2. The van der Waals surface area contributed by atoms with Gasteiger partial charge >= 0.3 is 0 Å². The van der Waals surface area contributed by atoms with Crippen molar-refractivity contribution >= 4 is 10.0 Å². The van der Waals surface area contributed by atoms with Crippen LogP contribution in [0.25, 0.3) is 0 Å². The van der Waals surface area contributed by atoms with E-state index in [4.69, 9.17) is 4.42 Å². The standard InChI is InChI=1S/C16H22N4O3S/c1-13-3-5-15(6-4-13)24(21,22)20-11-9-19(10-12-20)8-7-16-18-17-14(2)23-16/h3-6H,7-12H2,1-2H3. The molecule has 1 aliphatic heterocycles. The highest BCUT2D eigenvalue weighted by atomic mass is 32.2. The van der Waals surface area contributed by atoms with Crippen molar-refractivity contribution in [3.63, 3.8) is 0 Å². The van der Waals surface area contributed by atoms with Crippen molar-refractivity contribution in [3.8, 4) is 0 Å². The Morgan fingerprint density at radius 2 is 1.71 bits per heavy atom. The summed E-state index contributed by atoms with van der Waals surface area (Å²) < 4.78 is 32.2.